The Morgan fingerprint density at radius 1 is 0.837 bits per heavy atom. The van der Waals surface area contributed by atoms with Crippen molar-refractivity contribution in [3.63, 3.8) is 0 Å². The number of hydrogen-bond donors (Lipinski definition) is 3. The highest BCUT2D eigenvalue weighted by atomic mass is 14.9. The summed E-state index contributed by atoms with van der Waals surface area (Å²) in [5.41, 5.74) is 16.2. The van der Waals surface area contributed by atoms with Gasteiger partial charge in [-0.1, -0.05) is 151 Å². The molecule has 0 fully saturated rings. The largest absolute Gasteiger partial charge is 0.404 e. The fraction of sp³-hybridized carbons (Fsp3) is 0.174. The predicted octanol–water partition coefficient (Wildman–Crippen LogP) is 12.6. The summed E-state index contributed by atoms with van der Waals surface area (Å²) >= 11 is 0. The number of benzene rings is 4. The van der Waals surface area contributed by atoms with Crippen molar-refractivity contribution in [3.8, 4) is 11.1 Å². The van der Waals surface area contributed by atoms with E-state index in [2.05, 4.69) is 147 Å². The molecule has 5 rings (SSSR count). The Morgan fingerprint density at radius 2 is 1.53 bits per heavy atom. The molecule has 0 amide bonds. The van der Waals surface area contributed by atoms with Crippen LogP contribution in [0.1, 0.15) is 58.6 Å². The Morgan fingerprint density at radius 3 is 2.12 bits per heavy atom. The molecule has 0 heterocycles. The minimum absolute atomic E-state index is 0.847. The fourth-order valence-corrected chi connectivity index (χ4v) is 5.58. The van der Waals surface area contributed by atoms with Crippen LogP contribution in [0.4, 0.5) is 11.4 Å². The molecule has 0 spiro atoms. The fourth-order valence-electron chi connectivity index (χ4n) is 5.58. The maximum absolute atomic E-state index is 5.36. The van der Waals surface area contributed by atoms with Gasteiger partial charge >= 0.3 is 0 Å². The monoisotopic (exact) mass is 645 g/mol. The minimum Gasteiger partial charge on any atom is -0.404 e. The van der Waals surface area contributed by atoms with Gasteiger partial charge in [0, 0.05) is 40.8 Å². The van der Waals surface area contributed by atoms with Crippen LogP contribution >= 0.6 is 0 Å². The molecule has 5 aromatic rings. The molecule has 0 saturated carbocycles. The zero-order chi connectivity index (χ0) is 35.8. The summed E-state index contributed by atoms with van der Waals surface area (Å²) in [5, 5.41) is 11.5. The Kier molecular flexibility index (Phi) is 14.8. The second kappa shape index (κ2) is 19.2. The molecule has 0 saturated heterocycles. The van der Waals surface area contributed by atoms with Crippen LogP contribution < -0.4 is 16.4 Å². The van der Waals surface area contributed by atoms with Crippen LogP contribution in [-0.2, 0) is 0 Å². The third-order valence-electron chi connectivity index (χ3n) is 8.27. The summed E-state index contributed by atoms with van der Waals surface area (Å²) in [6.07, 6.45) is 11.0. The number of hydrogen-bond acceptors (Lipinski definition) is 3. The lowest BCUT2D eigenvalue weighted by Crippen LogP contribution is -2.03. The SMILES string of the molecule is C=C/C=C(\NC)c1ccc(-c2ccc3c(Nc4cccc5ccccc45)c(C(=C)CC)c#cc3c2)cc1.C=CC(=C\N)/C(=C/C)CC.CC. The van der Waals surface area contributed by atoms with E-state index in [9.17, 15) is 0 Å². The van der Waals surface area contributed by atoms with E-state index in [1.807, 2.05) is 33.9 Å². The van der Waals surface area contributed by atoms with Gasteiger partial charge in [0.15, 0.2) is 0 Å². The minimum atomic E-state index is 0.847. The van der Waals surface area contributed by atoms with Gasteiger partial charge in [-0.05, 0) is 76.8 Å². The maximum atomic E-state index is 5.36. The Balaban J connectivity index is 0.000000468. The van der Waals surface area contributed by atoms with E-state index in [1.54, 1.807) is 18.4 Å². The molecule has 4 N–H and O–H groups in total. The van der Waals surface area contributed by atoms with Crippen LogP contribution in [0.2, 0.25) is 0 Å². The van der Waals surface area contributed by atoms with Crippen LogP contribution in [0, 0.1) is 12.1 Å². The van der Waals surface area contributed by atoms with Gasteiger partial charge in [-0.25, -0.2) is 0 Å². The molecule has 250 valence electrons. The van der Waals surface area contributed by atoms with Gasteiger partial charge in [0.25, 0.3) is 0 Å². The molecule has 0 aromatic heterocycles. The highest BCUT2D eigenvalue weighted by Crippen LogP contribution is 2.36. The van der Waals surface area contributed by atoms with Crippen molar-refractivity contribution in [3.05, 3.63) is 170 Å². The second-order valence-electron chi connectivity index (χ2n) is 11.0. The molecular weight excluding hydrogens is 595 g/mol. The van der Waals surface area contributed by atoms with Crippen LogP contribution in [0.25, 0.3) is 43.9 Å². The smallest absolute Gasteiger partial charge is 0.0632 e. The second-order valence-corrected chi connectivity index (χ2v) is 11.0. The van der Waals surface area contributed by atoms with E-state index in [1.165, 1.54) is 16.3 Å². The lowest BCUT2D eigenvalue weighted by molar-refractivity contribution is 1.11. The summed E-state index contributed by atoms with van der Waals surface area (Å²) in [6.45, 7) is 22.0. The van der Waals surface area contributed by atoms with E-state index in [0.717, 1.165) is 74.1 Å². The lowest BCUT2D eigenvalue weighted by atomic mass is 9.96. The highest BCUT2D eigenvalue weighted by molar-refractivity contribution is 6.04. The molecule has 3 heteroatoms. The first-order valence-electron chi connectivity index (χ1n) is 17.1. The topological polar surface area (TPSA) is 50.1 Å². The zero-order valence-corrected chi connectivity index (χ0v) is 30.1. The predicted molar refractivity (Wildman–Crippen MR) is 219 cm³/mol. The van der Waals surface area contributed by atoms with Gasteiger partial charge in [0.05, 0.1) is 11.3 Å². The number of fused-ring (bicyclic) bond motifs is 2. The average molecular weight is 646 g/mol. The Hall–Kier alpha value is -5.72. The van der Waals surface area contributed by atoms with Crippen molar-refractivity contribution in [1.82, 2.24) is 5.32 Å². The Labute approximate surface area is 295 Å². The number of nitrogens with one attached hydrogen (secondary N) is 2. The van der Waals surface area contributed by atoms with Gasteiger partial charge < -0.3 is 16.4 Å². The van der Waals surface area contributed by atoms with Crippen molar-refractivity contribution in [2.24, 2.45) is 5.73 Å². The highest BCUT2D eigenvalue weighted by Gasteiger charge is 2.13. The molecular formula is C46H51N3. The van der Waals surface area contributed by atoms with Crippen LogP contribution in [-0.4, -0.2) is 7.05 Å². The number of nitrogens with two attached hydrogens (primary N) is 1. The molecule has 5 aromatic carbocycles. The van der Waals surface area contributed by atoms with Crippen LogP contribution in [0.3, 0.4) is 0 Å². The first-order valence-corrected chi connectivity index (χ1v) is 17.1. The first-order chi connectivity index (χ1) is 23.9. The first kappa shape index (κ1) is 37.7. The standard InChI is InChI=1S/C35H30N2.C9H15N.C2H6/c1-5-10-33(36-4)27-17-15-25(16-18-27)28-19-22-32-29(23-28)20-21-30(24(3)6-2)35(32)37-34-14-9-12-26-11-7-8-13-31(26)34;1-4-8(5-2)9(6-3)7-10;1-2/h5,7-19,22-23,36-37H,1,3,6H2,2,4H3;4,6-7H,3,5,10H2,1-2H3;1-2H3/b33-10-;8-4+,9-7+;. The third-order valence-corrected chi connectivity index (χ3v) is 8.27. The third kappa shape index (κ3) is 9.21. The van der Waals surface area contributed by atoms with E-state index in [0.29, 0.717) is 0 Å². The van der Waals surface area contributed by atoms with Crippen LogP contribution in [0.15, 0.2) is 146 Å². The molecule has 0 atom stereocenters. The molecule has 0 bridgehead atoms. The van der Waals surface area contributed by atoms with Crippen molar-refractivity contribution in [1.29, 1.82) is 0 Å². The van der Waals surface area contributed by atoms with Crippen molar-refractivity contribution < 1.29 is 0 Å². The van der Waals surface area contributed by atoms with E-state index in [4.69, 9.17) is 5.73 Å². The zero-order valence-electron chi connectivity index (χ0n) is 30.1. The van der Waals surface area contributed by atoms with Crippen molar-refractivity contribution >= 4 is 44.2 Å². The van der Waals surface area contributed by atoms with Gasteiger partial charge in [0.1, 0.15) is 0 Å². The molecule has 0 unspecified atom stereocenters. The van der Waals surface area contributed by atoms with Gasteiger partial charge in [-0.3, -0.25) is 0 Å². The molecule has 0 aliphatic heterocycles. The number of rotatable bonds is 11. The Bertz CT molecular complexity index is 1960. The number of anilines is 2. The maximum Gasteiger partial charge on any atom is 0.0632 e. The van der Waals surface area contributed by atoms with E-state index >= 15 is 0 Å². The summed E-state index contributed by atoms with van der Waals surface area (Å²) in [5.74, 6) is 0. The summed E-state index contributed by atoms with van der Waals surface area (Å²) in [7, 11) is 1.92. The van der Waals surface area contributed by atoms with E-state index in [-0.39, 0.29) is 0 Å². The quantitative estimate of drug-likeness (QED) is 0.125. The molecule has 0 radical (unpaired) electrons. The van der Waals surface area contributed by atoms with Gasteiger partial charge in [-0.2, -0.15) is 0 Å². The summed E-state index contributed by atoms with van der Waals surface area (Å²) < 4.78 is 0. The molecule has 0 aliphatic carbocycles. The normalized spacial score (nSPS) is 11.3. The lowest BCUT2D eigenvalue weighted by Gasteiger charge is -2.16. The van der Waals surface area contributed by atoms with Crippen molar-refractivity contribution in [2.45, 2.75) is 47.5 Å². The number of allylic oxidation sites excluding steroid dienone is 7. The van der Waals surface area contributed by atoms with Gasteiger partial charge in [0.2, 0.25) is 0 Å². The summed E-state index contributed by atoms with van der Waals surface area (Å²) in [6, 6.07) is 36.7. The molecule has 3 nitrogen and oxygen atoms in total. The van der Waals surface area contributed by atoms with Crippen LogP contribution in [0.5, 0.6) is 0 Å². The average Bonchev–Trinajstić information content (AvgIpc) is 3.16. The summed E-state index contributed by atoms with van der Waals surface area (Å²) in [4.78, 5) is 0. The van der Waals surface area contributed by atoms with Gasteiger partial charge in [-0.15, -0.1) is 0 Å². The molecule has 0 aliphatic rings. The van der Waals surface area contributed by atoms with Crippen molar-refractivity contribution in [2.75, 3.05) is 12.4 Å². The molecule has 49 heavy (non-hydrogen) atoms. The van der Waals surface area contributed by atoms with E-state index < -0.39 is 0 Å².